The molecule has 0 spiro atoms. The van der Waals surface area contributed by atoms with Crippen molar-refractivity contribution in [2.24, 2.45) is 0 Å². The minimum atomic E-state index is -3.43. The molecule has 2 N–H and O–H groups in total. The molecule has 1 fully saturated rings. The van der Waals surface area contributed by atoms with Crippen LogP contribution >= 0.6 is 15.9 Å². The highest BCUT2D eigenvalue weighted by atomic mass is 79.9. The molecule has 1 saturated heterocycles. The fraction of sp³-hybridized carbons (Fsp3) is 0.538. The minimum Gasteiger partial charge on any atom is -0.314 e. The zero-order chi connectivity index (χ0) is 14.0. The number of benzene rings is 1. The molecule has 1 aromatic carbocycles. The van der Waals surface area contributed by atoms with Gasteiger partial charge in [0.15, 0.2) is 0 Å². The predicted molar refractivity (Wildman–Crippen MR) is 79.7 cm³/mol. The Kier molecular flexibility index (Phi) is 4.66. The van der Waals surface area contributed by atoms with Crippen molar-refractivity contribution in [1.82, 2.24) is 10.0 Å². The van der Waals surface area contributed by atoms with Gasteiger partial charge < -0.3 is 5.32 Å². The van der Waals surface area contributed by atoms with Gasteiger partial charge in [-0.05, 0) is 57.0 Å². The molecule has 1 aromatic rings. The Bertz CT molecular complexity index is 560. The highest BCUT2D eigenvalue weighted by molar-refractivity contribution is 9.10. The average Bonchev–Trinajstić information content (AvgIpc) is 2.27. The molecular formula is C13H19BrN2O2S. The summed E-state index contributed by atoms with van der Waals surface area (Å²) in [6, 6.07) is 5.59. The lowest BCUT2D eigenvalue weighted by atomic mass is 10.0. The van der Waals surface area contributed by atoms with E-state index in [9.17, 15) is 8.42 Å². The van der Waals surface area contributed by atoms with Gasteiger partial charge in [0.05, 0.1) is 4.90 Å². The van der Waals surface area contributed by atoms with Gasteiger partial charge in [0.2, 0.25) is 10.0 Å². The van der Waals surface area contributed by atoms with Crippen LogP contribution < -0.4 is 10.0 Å². The Balaban J connectivity index is 2.18. The number of halogens is 1. The van der Waals surface area contributed by atoms with Gasteiger partial charge in [-0.25, -0.2) is 13.1 Å². The third-order valence-corrected chi connectivity index (χ3v) is 5.55. The highest BCUT2D eigenvalue weighted by Crippen LogP contribution is 2.21. The van der Waals surface area contributed by atoms with Crippen molar-refractivity contribution in [3.8, 4) is 0 Å². The molecule has 6 heteroatoms. The highest BCUT2D eigenvalue weighted by Gasteiger charge is 2.25. The van der Waals surface area contributed by atoms with E-state index in [1.54, 1.807) is 12.1 Å². The summed E-state index contributed by atoms with van der Waals surface area (Å²) in [6.45, 7) is 4.74. The van der Waals surface area contributed by atoms with Crippen molar-refractivity contribution in [2.45, 2.75) is 43.7 Å². The summed E-state index contributed by atoms with van der Waals surface area (Å²) in [6.07, 6.45) is 1.66. The number of aryl methyl sites for hydroxylation is 1. The van der Waals surface area contributed by atoms with E-state index < -0.39 is 10.0 Å². The van der Waals surface area contributed by atoms with Gasteiger partial charge in [-0.15, -0.1) is 0 Å². The second-order valence-corrected chi connectivity index (χ2v) is 7.71. The molecular weight excluding hydrogens is 328 g/mol. The van der Waals surface area contributed by atoms with Gasteiger partial charge in [-0.1, -0.05) is 15.9 Å². The van der Waals surface area contributed by atoms with Crippen LogP contribution in [0.2, 0.25) is 0 Å². The Hall–Kier alpha value is -0.430. The first-order valence-corrected chi connectivity index (χ1v) is 8.68. The maximum absolute atomic E-state index is 12.4. The SMILES string of the molecule is Cc1cc(Br)ccc1S(=O)(=O)NC1CCNC(C)C1. The molecule has 0 aromatic heterocycles. The van der Waals surface area contributed by atoms with Gasteiger partial charge in [0, 0.05) is 16.6 Å². The van der Waals surface area contributed by atoms with Gasteiger partial charge >= 0.3 is 0 Å². The van der Waals surface area contributed by atoms with Crippen LogP contribution in [0.25, 0.3) is 0 Å². The van der Waals surface area contributed by atoms with Crippen LogP contribution in [-0.2, 0) is 10.0 Å². The normalized spacial score (nSPS) is 24.4. The largest absolute Gasteiger partial charge is 0.314 e. The van der Waals surface area contributed by atoms with E-state index in [1.165, 1.54) is 0 Å². The summed E-state index contributed by atoms with van der Waals surface area (Å²) in [5.41, 5.74) is 0.754. The molecule has 1 aliphatic rings. The molecule has 0 amide bonds. The molecule has 0 radical (unpaired) electrons. The van der Waals surface area contributed by atoms with Crippen LogP contribution in [0.15, 0.2) is 27.6 Å². The van der Waals surface area contributed by atoms with Crippen LogP contribution in [0.1, 0.15) is 25.3 Å². The van der Waals surface area contributed by atoms with Gasteiger partial charge in [-0.3, -0.25) is 0 Å². The maximum Gasteiger partial charge on any atom is 0.241 e. The number of nitrogens with one attached hydrogen (secondary N) is 2. The van der Waals surface area contributed by atoms with E-state index in [2.05, 4.69) is 32.9 Å². The van der Waals surface area contributed by atoms with Gasteiger partial charge in [0.1, 0.15) is 0 Å². The number of hydrogen-bond acceptors (Lipinski definition) is 3. The topological polar surface area (TPSA) is 58.2 Å². The average molecular weight is 347 g/mol. The fourth-order valence-electron chi connectivity index (χ4n) is 2.44. The smallest absolute Gasteiger partial charge is 0.241 e. The van der Waals surface area contributed by atoms with Crippen molar-refractivity contribution >= 4 is 26.0 Å². The first kappa shape index (κ1) is 15.0. The van der Waals surface area contributed by atoms with E-state index in [0.717, 1.165) is 29.4 Å². The summed E-state index contributed by atoms with van der Waals surface area (Å²) in [4.78, 5) is 0.363. The zero-order valence-electron chi connectivity index (χ0n) is 11.1. The van der Waals surface area contributed by atoms with Crippen molar-refractivity contribution in [3.63, 3.8) is 0 Å². The third-order valence-electron chi connectivity index (χ3n) is 3.37. The summed E-state index contributed by atoms with van der Waals surface area (Å²) in [7, 11) is -3.43. The van der Waals surface area contributed by atoms with Crippen LogP contribution in [0.3, 0.4) is 0 Å². The molecule has 19 heavy (non-hydrogen) atoms. The van der Waals surface area contributed by atoms with Crippen molar-refractivity contribution in [3.05, 3.63) is 28.2 Å². The van der Waals surface area contributed by atoms with E-state index in [1.807, 2.05) is 13.0 Å². The molecule has 106 valence electrons. The molecule has 2 unspecified atom stereocenters. The van der Waals surface area contributed by atoms with Crippen LogP contribution in [-0.4, -0.2) is 27.0 Å². The molecule has 2 atom stereocenters. The standard InChI is InChI=1S/C13H19BrN2O2S/c1-9-7-11(14)3-4-13(9)19(17,18)16-12-5-6-15-10(2)8-12/h3-4,7,10,12,15-16H,5-6,8H2,1-2H3. The molecule has 1 aliphatic heterocycles. The molecule has 0 aliphatic carbocycles. The van der Waals surface area contributed by atoms with Crippen LogP contribution in [0.5, 0.6) is 0 Å². The van der Waals surface area contributed by atoms with Crippen molar-refractivity contribution in [1.29, 1.82) is 0 Å². The lowest BCUT2D eigenvalue weighted by molar-refractivity contribution is 0.361. The summed E-state index contributed by atoms with van der Waals surface area (Å²) in [5, 5.41) is 3.32. The van der Waals surface area contributed by atoms with E-state index in [-0.39, 0.29) is 6.04 Å². The molecule has 0 bridgehead atoms. The van der Waals surface area contributed by atoms with E-state index in [0.29, 0.717) is 10.9 Å². The Morgan fingerprint density at radius 1 is 1.42 bits per heavy atom. The quantitative estimate of drug-likeness (QED) is 0.881. The van der Waals surface area contributed by atoms with Crippen molar-refractivity contribution in [2.75, 3.05) is 6.54 Å². The first-order chi connectivity index (χ1) is 8.88. The van der Waals surface area contributed by atoms with Gasteiger partial charge in [0.25, 0.3) is 0 Å². The van der Waals surface area contributed by atoms with Gasteiger partial charge in [-0.2, -0.15) is 0 Å². The Morgan fingerprint density at radius 3 is 2.79 bits per heavy atom. The molecule has 1 heterocycles. The number of sulfonamides is 1. The number of piperidine rings is 1. The number of rotatable bonds is 3. The number of hydrogen-bond donors (Lipinski definition) is 2. The van der Waals surface area contributed by atoms with E-state index >= 15 is 0 Å². The summed E-state index contributed by atoms with van der Waals surface area (Å²) in [5.74, 6) is 0. The van der Waals surface area contributed by atoms with E-state index in [4.69, 9.17) is 0 Å². The van der Waals surface area contributed by atoms with Crippen molar-refractivity contribution < 1.29 is 8.42 Å². The lowest BCUT2D eigenvalue weighted by Crippen LogP contribution is -2.46. The summed E-state index contributed by atoms with van der Waals surface area (Å²) >= 11 is 3.35. The first-order valence-electron chi connectivity index (χ1n) is 6.40. The molecule has 0 saturated carbocycles. The second kappa shape index (κ2) is 5.91. The zero-order valence-corrected chi connectivity index (χ0v) is 13.5. The molecule has 2 rings (SSSR count). The monoisotopic (exact) mass is 346 g/mol. The fourth-order valence-corrected chi connectivity index (χ4v) is 4.42. The Labute approximate surface area is 123 Å². The minimum absolute atomic E-state index is 0.0179. The molecule has 4 nitrogen and oxygen atoms in total. The summed E-state index contributed by atoms with van der Waals surface area (Å²) < 4.78 is 28.5. The maximum atomic E-state index is 12.4. The lowest BCUT2D eigenvalue weighted by Gasteiger charge is -2.28. The Morgan fingerprint density at radius 2 is 2.16 bits per heavy atom. The van der Waals surface area contributed by atoms with Crippen LogP contribution in [0.4, 0.5) is 0 Å². The van der Waals surface area contributed by atoms with Crippen LogP contribution in [0, 0.1) is 6.92 Å². The third kappa shape index (κ3) is 3.78. The second-order valence-electron chi connectivity index (χ2n) is 5.11. The predicted octanol–water partition coefficient (Wildman–Crippen LogP) is 2.18.